The third-order valence-corrected chi connectivity index (χ3v) is 10.6. The zero-order valence-electron chi connectivity index (χ0n) is 33.3. The van der Waals surface area contributed by atoms with Crippen molar-refractivity contribution in [3.05, 3.63) is 156 Å². The minimum absolute atomic E-state index is 0.0760. The van der Waals surface area contributed by atoms with Gasteiger partial charge in [0.2, 0.25) is 0 Å². The highest BCUT2D eigenvalue weighted by atomic mass is 19.4. The van der Waals surface area contributed by atoms with E-state index in [9.17, 15) is 26.3 Å². The Kier molecular flexibility index (Phi) is 9.53. The van der Waals surface area contributed by atoms with Crippen LogP contribution in [0.3, 0.4) is 0 Å². The van der Waals surface area contributed by atoms with Crippen molar-refractivity contribution in [2.24, 2.45) is 0 Å². The Morgan fingerprint density at radius 3 is 1.25 bits per heavy atom. The fraction of sp³-hybridized carbons (Fsp3) is 0.204. The molecule has 8 aromatic rings. The van der Waals surface area contributed by atoms with Crippen LogP contribution in [-0.4, -0.2) is 19.5 Å². The van der Waals surface area contributed by atoms with Gasteiger partial charge in [0, 0.05) is 33.2 Å². The van der Waals surface area contributed by atoms with E-state index < -0.39 is 23.5 Å². The van der Waals surface area contributed by atoms with Crippen molar-refractivity contribution in [3.8, 4) is 51.0 Å². The Balaban J connectivity index is 1.50. The maximum atomic E-state index is 14.3. The number of aromatic nitrogens is 4. The molecule has 4 nitrogen and oxygen atoms in total. The molecule has 0 atom stereocenters. The third-order valence-electron chi connectivity index (χ3n) is 10.6. The third kappa shape index (κ3) is 7.71. The van der Waals surface area contributed by atoms with Crippen LogP contribution >= 0.6 is 0 Å². The van der Waals surface area contributed by atoms with Crippen LogP contribution in [0.5, 0.6) is 0 Å². The molecule has 0 spiro atoms. The summed E-state index contributed by atoms with van der Waals surface area (Å²) in [7, 11) is 0. The van der Waals surface area contributed by atoms with Crippen LogP contribution in [-0.2, 0) is 23.2 Å². The molecule has 2 heterocycles. The van der Waals surface area contributed by atoms with Crippen LogP contribution < -0.4 is 0 Å². The first-order valence-electron chi connectivity index (χ1n) is 19.2. The maximum Gasteiger partial charge on any atom is 0.416 e. The minimum atomic E-state index is -5.05. The Hall–Kier alpha value is -6.29. The van der Waals surface area contributed by atoms with Gasteiger partial charge in [-0.3, -0.25) is 0 Å². The topological polar surface area (TPSA) is 43.6 Å². The molecule has 10 heteroatoms. The van der Waals surface area contributed by atoms with Gasteiger partial charge < -0.3 is 4.57 Å². The number of rotatable bonds is 5. The first kappa shape index (κ1) is 39.5. The van der Waals surface area contributed by atoms with Gasteiger partial charge in [0.15, 0.2) is 17.5 Å². The van der Waals surface area contributed by atoms with Crippen LogP contribution in [0.25, 0.3) is 72.8 Å². The standard InChI is InChI=1S/C49H40F6N4/c1-46(2,3)32-17-20-38-39-21-18-33(47(4,5)6)27-42(39)59(41(38)26-32)36-19-22-37(31-23-34(48(50,51)52)25-35(24-31)49(53,54)55)40(28-36)45-57-43(29-13-9-7-10-14-29)56-44(58-45)30-15-11-8-12-16-30/h7-28H,1-6H3. The lowest BCUT2D eigenvalue weighted by Gasteiger charge is -2.21. The quantitative estimate of drug-likeness (QED) is 0.163. The average Bonchev–Trinajstić information content (AvgIpc) is 3.53. The normalized spacial score (nSPS) is 12.7. The lowest BCUT2D eigenvalue weighted by Crippen LogP contribution is -2.11. The van der Waals surface area contributed by atoms with Crippen LogP contribution in [0, 0.1) is 0 Å². The molecule has 0 radical (unpaired) electrons. The second-order valence-electron chi connectivity index (χ2n) is 16.9. The van der Waals surface area contributed by atoms with Crippen molar-refractivity contribution < 1.29 is 26.3 Å². The number of fused-ring (bicyclic) bond motifs is 3. The fourth-order valence-electron chi connectivity index (χ4n) is 7.38. The molecule has 0 aliphatic carbocycles. The fourth-order valence-corrected chi connectivity index (χ4v) is 7.38. The van der Waals surface area contributed by atoms with Crippen molar-refractivity contribution in [3.63, 3.8) is 0 Å². The van der Waals surface area contributed by atoms with Gasteiger partial charge in [-0.1, -0.05) is 133 Å². The molecule has 0 aliphatic heterocycles. The Labute approximate surface area is 338 Å². The van der Waals surface area contributed by atoms with E-state index in [1.165, 1.54) is 0 Å². The molecule has 59 heavy (non-hydrogen) atoms. The molecular formula is C49H40F6N4. The van der Waals surface area contributed by atoms with Crippen LogP contribution in [0.1, 0.15) is 63.8 Å². The van der Waals surface area contributed by atoms with E-state index in [-0.39, 0.29) is 51.1 Å². The van der Waals surface area contributed by atoms with E-state index in [1.54, 1.807) is 18.2 Å². The van der Waals surface area contributed by atoms with Gasteiger partial charge in [-0.15, -0.1) is 0 Å². The molecule has 6 aromatic carbocycles. The summed E-state index contributed by atoms with van der Waals surface area (Å²) in [5.74, 6) is 0.645. The van der Waals surface area contributed by atoms with Gasteiger partial charge in [-0.2, -0.15) is 26.3 Å². The van der Waals surface area contributed by atoms with E-state index >= 15 is 0 Å². The molecule has 0 saturated heterocycles. The molecule has 0 unspecified atom stereocenters. The lowest BCUT2D eigenvalue weighted by molar-refractivity contribution is -0.143. The summed E-state index contributed by atoms with van der Waals surface area (Å²) in [5, 5.41) is 1.98. The highest BCUT2D eigenvalue weighted by Crippen LogP contribution is 2.43. The van der Waals surface area contributed by atoms with Gasteiger partial charge in [-0.05, 0) is 75.5 Å². The van der Waals surface area contributed by atoms with Crippen LogP contribution in [0.2, 0.25) is 0 Å². The molecule has 0 fully saturated rings. The summed E-state index contributed by atoms with van der Waals surface area (Å²) in [6, 6.07) is 37.7. The van der Waals surface area contributed by atoms with Crippen LogP contribution in [0.4, 0.5) is 26.3 Å². The summed E-state index contributed by atoms with van der Waals surface area (Å²) >= 11 is 0. The Morgan fingerprint density at radius 2 is 0.831 bits per heavy atom. The van der Waals surface area contributed by atoms with E-state index in [2.05, 4.69) is 82.5 Å². The number of halogens is 6. The van der Waals surface area contributed by atoms with E-state index in [0.717, 1.165) is 45.1 Å². The van der Waals surface area contributed by atoms with Gasteiger partial charge >= 0.3 is 12.4 Å². The molecule has 0 N–H and O–H groups in total. The predicted molar refractivity (Wildman–Crippen MR) is 223 cm³/mol. The van der Waals surface area contributed by atoms with Gasteiger partial charge in [0.1, 0.15) is 0 Å². The van der Waals surface area contributed by atoms with Crippen molar-refractivity contribution in [2.45, 2.75) is 64.7 Å². The minimum Gasteiger partial charge on any atom is -0.309 e. The number of benzene rings is 6. The summed E-state index contributed by atoms with van der Waals surface area (Å²) in [6.07, 6.45) is -10.1. The zero-order valence-corrected chi connectivity index (χ0v) is 33.3. The SMILES string of the molecule is CC(C)(C)c1ccc2c3ccc(C(C)(C)C)cc3n(-c3ccc(-c4cc(C(F)(F)F)cc(C(F)(F)F)c4)c(-c4nc(-c5ccccc5)nc(-c5ccccc5)n4)c3)c2c1. The first-order valence-corrected chi connectivity index (χ1v) is 19.2. The highest BCUT2D eigenvalue weighted by Gasteiger charge is 2.37. The number of hydrogen-bond donors (Lipinski definition) is 0. The van der Waals surface area contributed by atoms with Crippen molar-refractivity contribution >= 4 is 21.8 Å². The lowest BCUT2D eigenvalue weighted by atomic mass is 9.86. The molecule has 2 aromatic heterocycles. The highest BCUT2D eigenvalue weighted by molar-refractivity contribution is 6.10. The van der Waals surface area contributed by atoms with Gasteiger partial charge in [-0.25, -0.2) is 15.0 Å². The predicted octanol–water partition coefficient (Wildman–Crippen LogP) is 14.3. The number of alkyl halides is 6. The molecule has 8 rings (SSSR count). The number of hydrogen-bond acceptors (Lipinski definition) is 3. The molecule has 0 bridgehead atoms. The van der Waals surface area contributed by atoms with Crippen molar-refractivity contribution in [1.82, 2.24) is 19.5 Å². The zero-order chi connectivity index (χ0) is 42.1. The van der Waals surface area contributed by atoms with Crippen LogP contribution in [0.15, 0.2) is 133 Å². The molecular weight excluding hydrogens is 759 g/mol. The summed E-state index contributed by atoms with van der Waals surface area (Å²) in [4.78, 5) is 14.6. The van der Waals surface area contributed by atoms with Crippen molar-refractivity contribution in [2.75, 3.05) is 0 Å². The van der Waals surface area contributed by atoms with E-state index in [4.69, 9.17) is 15.0 Å². The van der Waals surface area contributed by atoms with Crippen molar-refractivity contribution in [1.29, 1.82) is 0 Å². The molecule has 298 valence electrons. The van der Waals surface area contributed by atoms with Gasteiger partial charge in [0.05, 0.1) is 22.2 Å². The largest absolute Gasteiger partial charge is 0.416 e. The molecule has 0 amide bonds. The van der Waals surface area contributed by atoms with Gasteiger partial charge in [0.25, 0.3) is 0 Å². The second-order valence-corrected chi connectivity index (χ2v) is 16.9. The average molecular weight is 799 g/mol. The van der Waals surface area contributed by atoms with E-state index in [1.807, 2.05) is 60.7 Å². The monoisotopic (exact) mass is 798 g/mol. The smallest absolute Gasteiger partial charge is 0.309 e. The maximum absolute atomic E-state index is 14.3. The number of nitrogens with zero attached hydrogens (tertiary/aromatic N) is 4. The first-order chi connectivity index (χ1) is 27.8. The molecule has 0 aliphatic rings. The second kappa shape index (κ2) is 14.2. The summed E-state index contributed by atoms with van der Waals surface area (Å²) in [6.45, 7) is 12.8. The Morgan fingerprint density at radius 1 is 0.390 bits per heavy atom. The Bertz CT molecular complexity index is 2700. The molecule has 0 saturated carbocycles. The van der Waals surface area contributed by atoms with E-state index in [0.29, 0.717) is 16.8 Å². The summed E-state index contributed by atoms with van der Waals surface area (Å²) in [5.41, 5.74) is 2.64. The summed E-state index contributed by atoms with van der Waals surface area (Å²) < 4.78 is 88.1.